The Bertz CT molecular complexity index is 857. The number of alkyl halides is 3. The molecule has 1 aliphatic carbocycles. The molecular formula is C15H14F4O5S. The van der Waals surface area contributed by atoms with Crippen LogP contribution >= 0.6 is 0 Å². The second kappa shape index (κ2) is 6.01. The maximum atomic E-state index is 13.8. The molecule has 0 amide bonds. The van der Waals surface area contributed by atoms with Gasteiger partial charge in [-0.1, -0.05) is 12.1 Å². The van der Waals surface area contributed by atoms with E-state index in [1.54, 1.807) is 0 Å². The molecular weight excluding hydrogens is 368 g/mol. The number of hydrogen-bond acceptors (Lipinski definition) is 4. The zero-order valence-corrected chi connectivity index (χ0v) is 14.0. The van der Waals surface area contributed by atoms with Crippen LogP contribution in [0.2, 0.25) is 0 Å². The van der Waals surface area contributed by atoms with Crippen molar-refractivity contribution in [2.24, 2.45) is 0 Å². The summed E-state index contributed by atoms with van der Waals surface area (Å²) in [4.78, 5) is 11.9. The molecule has 5 nitrogen and oxygen atoms in total. The van der Waals surface area contributed by atoms with Crippen molar-refractivity contribution in [3.8, 4) is 0 Å². The number of halogens is 4. The first-order valence-corrected chi connectivity index (χ1v) is 8.45. The zero-order chi connectivity index (χ0) is 19.2. The first kappa shape index (κ1) is 19.2. The minimum Gasteiger partial charge on any atom is -0.480 e. The molecule has 0 aliphatic heterocycles. The smallest absolute Gasteiger partial charge is 0.480 e. The van der Waals surface area contributed by atoms with Crippen LogP contribution in [0.4, 0.5) is 17.6 Å². The van der Waals surface area contributed by atoms with E-state index in [2.05, 4.69) is 4.18 Å². The molecule has 1 aliphatic rings. The van der Waals surface area contributed by atoms with Gasteiger partial charge < -0.3 is 9.29 Å². The number of carbonyl (C=O) groups is 1. The summed E-state index contributed by atoms with van der Waals surface area (Å²) in [5, 5.41) is 9.70. The van der Waals surface area contributed by atoms with Crippen LogP contribution in [0.25, 0.3) is 0 Å². The summed E-state index contributed by atoms with van der Waals surface area (Å²) in [7, 11) is -5.92. The summed E-state index contributed by atoms with van der Waals surface area (Å²) >= 11 is 0. The lowest BCUT2D eigenvalue weighted by Gasteiger charge is -2.28. The van der Waals surface area contributed by atoms with Crippen LogP contribution in [0.5, 0.6) is 0 Å². The van der Waals surface area contributed by atoms with E-state index < -0.39 is 38.6 Å². The Morgan fingerprint density at radius 3 is 2.40 bits per heavy atom. The number of rotatable bonds is 4. The molecule has 0 saturated heterocycles. The van der Waals surface area contributed by atoms with Crippen LogP contribution in [0.3, 0.4) is 0 Å². The Kier molecular flexibility index (Phi) is 4.62. The fourth-order valence-corrected chi connectivity index (χ4v) is 3.55. The second-order valence-electron chi connectivity index (χ2n) is 5.65. The van der Waals surface area contributed by atoms with Crippen LogP contribution in [0.15, 0.2) is 29.5 Å². The largest absolute Gasteiger partial charge is 0.534 e. The van der Waals surface area contributed by atoms with Crippen molar-refractivity contribution >= 4 is 16.1 Å². The first-order chi connectivity index (χ1) is 11.3. The molecule has 2 rings (SSSR count). The van der Waals surface area contributed by atoms with Crippen molar-refractivity contribution in [2.45, 2.75) is 37.6 Å². The molecule has 0 spiro atoms. The molecule has 0 fully saturated rings. The number of carboxylic acid groups (broad SMARTS) is 1. The fraction of sp³-hybridized carbons (Fsp3) is 0.400. The normalized spacial score (nSPS) is 21.5. The lowest BCUT2D eigenvalue weighted by Crippen LogP contribution is -2.36. The summed E-state index contributed by atoms with van der Waals surface area (Å²) in [6, 6.07) is 3.74. The highest BCUT2D eigenvalue weighted by Gasteiger charge is 2.53. The average Bonchev–Trinajstić information content (AvgIpc) is 2.79. The van der Waals surface area contributed by atoms with Crippen LogP contribution < -0.4 is 0 Å². The van der Waals surface area contributed by atoms with Crippen molar-refractivity contribution in [3.63, 3.8) is 0 Å². The van der Waals surface area contributed by atoms with E-state index in [-0.39, 0.29) is 29.5 Å². The molecule has 10 heteroatoms. The number of allylic oxidation sites excluding steroid dienone is 1. The highest BCUT2D eigenvalue weighted by molar-refractivity contribution is 7.87. The average molecular weight is 382 g/mol. The van der Waals surface area contributed by atoms with E-state index in [4.69, 9.17) is 0 Å². The van der Waals surface area contributed by atoms with Crippen LogP contribution in [0, 0.1) is 12.7 Å². The number of benzene rings is 1. The molecule has 1 aromatic carbocycles. The van der Waals surface area contributed by atoms with Crippen LogP contribution in [0.1, 0.15) is 30.9 Å². The van der Waals surface area contributed by atoms with Gasteiger partial charge in [0.15, 0.2) is 0 Å². The Morgan fingerprint density at radius 1 is 1.28 bits per heavy atom. The van der Waals surface area contributed by atoms with Gasteiger partial charge in [-0.3, -0.25) is 4.79 Å². The number of carboxylic acids is 1. The van der Waals surface area contributed by atoms with Crippen molar-refractivity contribution in [2.75, 3.05) is 0 Å². The molecule has 1 N–H and O–H groups in total. The highest BCUT2D eigenvalue weighted by atomic mass is 32.2. The van der Waals surface area contributed by atoms with E-state index in [1.165, 1.54) is 26.0 Å². The molecule has 25 heavy (non-hydrogen) atoms. The minimum absolute atomic E-state index is 0.0178. The molecule has 0 bridgehead atoms. The SMILES string of the molecule is CC1=C(OS(=O)(=O)C(F)(F)F)CCC1(C(=O)O)c1cccc(F)c1C. The third-order valence-electron chi connectivity index (χ3n) is 4.37. The molecule has 0 saturated carbocycles. The van der Waals surface area contributed by atoms with Gasteiger partial charge in [0.05, 0.1) is 0 Å². The minimum atomic E-state index is -5.92. The molecule has 0 heterocycles. The molecule has 138 valence electrons. The van der Waals surface area contributed by atoms with Gasteiger partial charge in [0, 0.05) is 6.42 Å². The third-order valence-corrected chi connectivity index (χ3v) is 5.36. The summed E-state index contributed by atoms with van der Waals surface area (Å²) in [5.41, 5.74) is -7.64. The summed E-state index contributed by atoms with van der Waals surface area (Å²) in [6.45, 7) is 2.51. The van der Waals surface area contributed by atoms with Crippen molar-refractivity contribution in [3.05, 3.63) is 46.5 Å². The van der Waals surface area contributed by atoms with Crippen molar-refractivity contribution < 1.29 is 40.1 Å². The molecule has 1 unspecified atom stereocenters. The van der Waals surface area contributed by atoms with Gasteiger partial charge >= 0.3 is 21.6 Å². The predicted octanol–water partition coefficient (Wildman–Crippen LogP) is 3.39. The summed E-state index contributed by atoms with van der Waals surface area (Å²) < 4.78 is 77.9. The molecule has 0 radical (unpaired) electrons. The van der Waals surface area contributed by atoms with Gasteiger partial charge in [-0.05, 0) is 43.0 Å². The van der Waals surface area contributed by atoms with Gasteiger partial charge in [0.1, 0.15) is 17.0 Å². The van der Waals surface area contributed by atoms with Gasteiger partial charge in [0.2, 0.25) is 0 Å². The first-order valence-electron chi connectivity index (χ1n) is 7.04. The predicted molar refractivity (Wildman–Crippen MR) is 78.4 cm³/mol. The zero-order valence-electron chi connectivity index (χ0n) is 13.1. The second-order valence-corrected chi connectivity index (χ2v) is 7.19. The Hall–Kier alpha value is -2.10. The quantitative estimate of drug-likeness (QED) is 0.491. The Morgan fingerprint density at radius 2 is 1.88 bits per heavy atom. The van der Waals surface area contributed by atoms with Gasteiger partial charge in [-0.2, -0.15) is 21.6 Å². The lowest BCUT2D eigenvalue weighted by molar-refractivity contribution is -0.142. The highest BCUT2D eigenvalue weighted by Crippen LogP contribution is 2.48. The van der Waals surface area contributed by atoms with Gasteiger partial charge in [-0.15, -0.1) is 0 Å². The fourth-order valence-electron chi connectivity index (χ4n) is 2.99. The maximum Gasteiger partial charge on any atom is 0.534 e. The van der Waals surface area contributed by atoms with Crippen molar-refractivity contribution in [1.82, 2.24) is 0 Å². The van der Waals surface area contributed by atoms with E-state index in [1.807, 2.05) is 0 Å². The monoisotopic (exact) mass is 382 g/mol. The van der Waals surface area contributed by atoms with Crippen LogP contribution in [-0.4, -0.2) is 25.0 Å². The molecule has 0 aromatic heterocycles. The summed E-state index contributed by atoms with van der Waals surface area (Å²) in [5.74, 6) is -2.70. The standard InChI is InChI=1S/C15H14F4O5S/c1-8-10(4-3-5-11(8)16)14(13(20)21)7-6-12(9(14)2)24-25(22,23)15(17,18)19/h3-5H,6-7H2,1-2H3,(H,20,21). The van der Waals surface area contributed by atoms with E-state index in [0.717, 1.165) is 6.07 Å². The maximum absolute atomic E-state index is 13.8. The van der Waals surface area contributed by atoms with Gasteiger partial charge in [-0.25, -0.2) is 4.39 Å². The van der Waals surface area contributed by atoms with Gasteiger partial charge in [0.25, 0.3) is 0 Å². The molecule has 1 atom stereocenters. The molecule has 1 aromatic rings. The van der Waals surface area contributed by atoms with E-state index in [9.17, 15) is 35.9 Å². The lowest BCUT2D eigenvalue weighted by atomic mass is 9.73. The third kappa shape index (κ3) is 2.99. The van der Waals surface area contributed by atoms with Crippen LogP contribution in [-0.2, 0) is 24.5 Å². The Balaban J connectivity index is 2.61. The number of hydrogen-bond donors (Lipinski definition) is 1. The van der Waals surface area contributed by atoms with E-state index in [0.29, 0.717) is 0 Å². The topological polar surface area (TPSA) is 80.7 Å². The van der Waals surface area contributed by atoms with Crippen molar-refractivity contribution in [1.29, 1.82) is 0 Å². The Labute approximate surface area is 141 Å². The summed E-state index contributed by atoms with van der Waals surface area (Å²) in [6.07, 6.45) is -0.593. The number of aliphatic carboxylic acids is 1. The van der Waals surface area contributed by atoms with E-state index >= 15 is 0 Å².